The fourth-order valence-electron chi connectivity index (χ4n) is 7.43. The Kier molecular flexibility index (Phi) is 10.8. The Morgan fingerprint density at radius 1 is 0.608 bits per heavy atom. The summed E-state index contributed by atoms with van der Waals surface area (Å²) in [6.07, 6.45) is 13.3. The first-order valence-corrected chi connectivity index (χ1v) is 17.4. The van der Waals surface area contributed by atoms with E-state index in [2.05, 4.69) is 22.2 Å². The summed E-state index contributed by atoms with van der Waals surface area (Å²) in [5.74, 6) is 0.456. The molecule has 0 unspecified atom stereocenters. The maximum absolute atomic E-state index is 12.3. The van der Waals surface area contributed by atoms with Gasteiger partial charge in [0.2, 0.25) is 0 Å². The molecule has 0 saturated carbocycles. The van der Waals surface area contributed by atoms with Gasteiger partial charge in [0, 0.05) is 41.6 Å². The molecule has 0 bridgehead atoms. The van der Waals surface area contributed by atoms with E-state index in [4.69, 9.17) is 22.1 Å². The van der Waals surface area contributed by atoms with Crippen molar-refractivity contribution < 1.29 is 28.9 Å². The predicted octanol–water partition coefficient (Wildman–Crippen LogP) is 8.76. The molecule has 1 amide bonds. The normalized spacial score (nSPS) is 14.4. The minimum absolute atomic E-state index is 0.0357. The lowest BCUT2D eigenvalue weighted by atomic mass is 9.99. The molecule has 8 rings (SSSR count). The number of anilines is 2. The van der Waals surface area contributed by atoms with Crippen LogP contribution in [0.15, 0.2) is 60.7 Å². The molecule has 0 radical (unpaired) electrons. The molecule has 0 saturated heterocycles. The summed E-state index contributed by atoms with van der Waals surface area (Å²) in [6.45, 7) is 0. The van der Waals surface area contributed by atoms with Crippen LogP contribution in [-0.2, 0) is 51.4 Å². The minimum atomic E-state index is -0.978. The van der Waals surface area contributed by atoms with Crippen LogP contribution >= 0.6 is 11.6 Å². The Morgan fingerprint density at radius 3 is 1.37 bits per heavy atom. The molecule has 4 aliphatic rings. The third-order valence-corrected chi connectivity index (χ3v) is 9.80. The first kappa shape index (κ1) is 35.3. The van der Waals surface area contributed by atoms with Crippen LogP contribution in [0.4, 0.5) is 32.3 Å². The SMILES string of the molecule is Nc1c2c(cc3c1CCC3)CCC2.O=C(Cl)Oc1ccc([N+](=O)[O-])cc1.O=C(Nc1c2c(cc3c1CCC3)CCC2)Oc1ccc([N+](=O)[O-])cc1. The van der Waals surface area contributed by atoms with Crippen molar-refractivity contribution in [3.63, 3.8) is 0 Å². The second-order valence-electron chi connectivity index (χ2n) is 12.9. The predicted molar refractivity (Wildman–Crippen MR) is 193 cm³/mol. The lowest BCUT2D eigenvalue weighted by molar-refractivity contribution is -0.385. The van der Waals surface area contributed by atoms with Gasteiger partial charge in [-0.2, -0.15) is 0 Å². The van der Waals surface area contributed by atoms with E-state index in [1.807, 2.05) is 0 Å². The zero-order valence-electron chi connectivity index (χ0n) is 27.9. The smallest absolute Gasteiger partial charge is 0.414 e. The first-order valence-electron chi connectivity index (χ1n) is 17.0. The zero-order chi connectivity index (χ0) is 36.1. The van der Waals surface area contributed by atoms with Crippen molar-refractivity contribution in [3.8, 4) is 11.5 Å². The van der Waals surface area contributed by atoms with Gasteiger partial charge >= 0.3 is 11.5 Å². The Morgan fingerprint density at radius 2 is 0.980 bits per heavy atom. The summed E-state index contributed by atoms with van der Waals surface area (Å²) >= 11 is 4.92. The highest BCUT2D eigenvalue weighted by Crippen LogP contribution is 2.39. The molecule has 51 heavy (non-hydrogen) atoms. The average molecular weight is 713 g/mol. The molecule has 0 atom stereocenters. The van der Waals surface area contributed by atoms with Gasteiger partial charge in [-0.1, -0.05) is 12.1 Å². The van der Waals surface area contributed by atoms with Gasteiger partial charge in [-0.05, 0) is 146 Å². The van der Waals surface area contributed by atoms with Gasteiger partial charge in [0.1, 0.15) is 11.5 Å². The van der Waals surface area contributed by atoms with Crippen molar-refractivity contribution in [1.82, 2.24) is 0 Å². The van der Waals surface area contributed by atoms with Gasteiger partial charge < -0.3 is 15.2 Å². The number of hydrogen-bond donors (Lipinski definition) is 2. The highest BCUT2D eigenvalue weighted by molar-refractivity contribution is 6.61. The molecular weight excluding hydrogens is 676 g/mol. The van der Waals surface area contributed by atoms with Crippen LogP contribution in [0.3, 0.4) is 0 Å². The van der Waals surface area contributed by atoms with E-state index in [9.17, 15) is 29.8 Å². The van der Waals surface area contributed by atoms with Gasteiger partial charge in [0.25, 0.3) is 11.4 Å². The standard InChI is InChI=1S/C19H18N2O4.C12H15N.C7H4ClNO4/c22-19(25-15-9-7-14(8-10-15)21(23)24)20-18-16-5-1-3-12(16)11-13-4-2-6-17(13)18;13-12-10-5-1-3-8(10)7-9-4-2-6-11(9)12;8-7(10)13-6-3-1-5(2-4-6)9(11)12/h7-11H,1-6H2,(H,20,22);7H,1-6,13H2;1-4H. The number of nitro benzene ring substituents is 2. The van der Waals surface area contributed by atoms with Crippen molar-refractivity contribution in [2.24, 2.45) is 0 Å². The van der Waals surface area contributed by atoms with Crippen molar-refractivity contribution >= 4 is 45.9 Å². The molecule has 12 nitrogen and oxygen atoms in total. The van der Waals surface area contributed by atoms with E-state index in [1.165, 1.54) is 132 Å². The number of ether oxygens (including phenoxy) is 2. The second-order valence-corrected chi connectivity index (χ2v) is 13.2. The van der Waals surface area contributed by atoms with Gasteiger partial charge in [-0.25, -0.2) is 9.59 Å². The van der Waals surface area contributed by atoms with Gasteiger partial charge in [-0.15, -0.1) is 0 Å². The van der Waals surface area contributed by atoms with Crippen LogP contribution in [0.2, 0.25) is 0 Å². The van der Waals surface area contributed by atoms with E-state index in [1.54, 1.807) is 0 Å². The monoisotopic (exact) mass is 712 g/mol. The molecule has 0 aromatic heterocycles. The number of carbonyl (C=O) groups is 2. The van der Waals surface area contributed by atoms with Gasteiger partial charge in [0.05, 0.1) is 15.5 Å². The van der Waals surface area contributed by atoms with Crippen LogP contribution in [0, 0.1) is 20.2 Å². The number of aryl methyl sites for hydroxylation is 4. The molecule has 4 aromatic rings. The molecule has 4 aliphatic carbocycles. The third kappa shape index (κ3) is 8.29. The van der Waals surface area contributed by atoms with Crippen molar-refractivity contribution in [3.05, 3.63) is 125 Å². The number of benzene rings is 4. The number of halogens is 1. The van der Waals surface area contributed by atoms with Crippen molar-refractivity contribution in [2.75, 3.05) is 11.1 Å². The average Bonchev–Trinajstić information content (AvgIpc) is 3.93. The van der Waals surface area contributed by atoms with E-state index in [0.29, 0.717) is 0 Å². The number of nitrogens with one attached hydrogen (secondary N) is 1. The van der Waals surface area contributed by atoms with Gasteiger partial charge in [-0.3, -0.25) is 25.5 Å². The second kappa shape index (κ2) is 15.6. The molecule has 0 aliphatic heterocycles. The van der Waals surface area contributed by atoms with Crippen LogP contribution in [0.5, 0.6) is 11.5 Å². The van der Waals surface area contributed by atoms with Crippen LogP contribution in [-0.4, -0.2) is 21.4 Å². The number of nitrogens with zero attached hydrogens (tertiary/aromatic N) is 2. The van der Waals surface area contributed by atoms with Crippen molar-refractivity contribution in [2.45, 2.75) is 77.0 Å². The molecule has 264 valence electrons. The van der Waals surface area contributed by atoms with Crippen molar-refractivity contribution in [1.29, 1.82) is 0 Å². The number of fused-ring (bicyclic) bond motifs is 4. The first-order chi connectivity index (χ1) is 24.6. The summed E-state index contributed by atoms with van der Waals surface area (Å²) in [4.78, 5) is 42.4. The fourth-order valence-corrected chi connectivity index (χ4v) is 7.52. The molecule has 4 aromatic carbocycles. The molecule has 0 fully saturated rings. The third-order valence-electron chi connectivity index (χ3n) is 9.72. The summed E-state index contributed by atoms with van der Waals surface area (Å²) in [7, 11) is 0. The summed E-state index contributed by atoms with van der Waals surface area (Å²) in [5.41, 5.74) is 18.3. The zero-order valence-corrected chi connectivity index (χ0v) is 28.6. The number of rotatable bonds is 5. The Labute approximate surface area is 299 Å². The van der Waals surface area contributed by atoms with E-state index >= 15 is 0 Å². The number of hydrogen-bond acceptors (Lipinski definition) is 9. The summed E-state index contributed by atoms with van der Waals surface area (Å²) < 4.78 is 9.75. The lowest BCUT2D eigenvalue weighted by Gasteiger charge is -2.16. The number of carbonyl (C=O) groups excluding carboxylic acids is 2. The van der Waals surface area contributed by atoms with Crippen LogP contribution in [0.1, 0.15) is 70.2 Å². The van der Waals surface area contributed by atoms with Crippen LogP contribution < -0.4 is 20.5 Å². The Bertz CT molecular complexity index is 1930. The Balaban J connectivity index is 0.000000145. The topological polar surface area (TPSA) is 177 Å². The number of nitro groups is 2. The maximum atomic E-state index is 12.3. The minimum Gasteiger partial charge on any atom is -0.414 e. The number of nitrogens with two attached hydrogens (primary N) is 1. The highest BCUT2D eigenvalue weighted by Gasteiger charge is 2.26. The molecule has 13 heteroatoms. The number of nitrogen functional groups attached to an aromatic ring is 1. The summed E-state index contributed by atoms with van der Waals surface area (Å²) in [5, 5.41) is 23.8. The molecular formula is C38H37ClN4O8. The quantitative estimate of drug-likeness (QED) is 0.0886. The molecule has 0 spiro atoms. The van der Waals surface area contributed by atoms with Crippen LogP contribution in [0.25, 0.3) is 0 Å². The highest BCUT2D eigenvalue weighted by atomic mass is 35.5. The largest absolute Gasteiger partial charge is 0.417 e. The number of non-ortho nitro benzene ring substituents is 2. The number of amides is 1. The lowest BCUT2D eigenvalue weighted by Crippen LogP contribution is -2.19. The van der Waals surface area contributed by atoms with E-state index in [0.717, 1.165) is 49.9 Å². The molecule has 3 N–H and O–H groups in total. The fraction of sp³-hybridized carbons (Fsp3) is 0.316. The Hall–Kier alpha value is -5.49. The molecule has 0 heterocycles. The van der Waals surface area contributed by atoms with E-state index in [-0.39, 0.29) is 22.9 Å². The maximum Gasteiger partial charge on any atom is 0.417 e. The van der Waals surface area contributed by atoms with Gasteiger partial charge in [0.15, 0.2) is 0 Å². The summed E-state index contributed by atoms with van der Waals surface area (Å²) in [6, 6.07) is 15.2. The van der Waals surface area contributed by atoms with E-state index < -0.39 is 21.4 Å².